The fourth-order valence-electron chi connectivity index (χ4n) is 3.06. The Kier molecular flexibility index (Phi) is 5.07. The highest BCUT2D eigenvalue weighted by molar-refractivity contribution is 7.21. The third-order valence-corrected chi connectivity index (χ3v) is 6.56. The second kappa shape index (κ2) is 7.36. The van der Waals surface area contributed by atoms with Crippen molar-refractivity contribution in [2.75, 3.05) is 26.2 Å². The summed E-state index contributed by atoms with van der Waals surface area (Å²) in [6.07, 6.45) is 1.47. The number of halogens is 3. The SMILES string of the molecule is O=C(c1ccco1)N1CCN(C(=O)c2sc3cc(Cl)cc(Cl)c3c2Cl)CC1. The van der Waals surface area contributed by atoms with Crippen LogP contribution in [0.2, 0.25) is 15.1 Å². The first-order valence-electron chi connectivity index (χ1n) is 8.15. The number of hydrogen-bond donors (Lipinski definition) is 0. The normalized spacial score (nSPS) is 14.8. The van der Waals surface area contributed by atoms with E-state index in [2.05, 4.69) is 0 Å². The van der Waals surface area contributed by atoms with E-state index in [1.807, 2.05) is 0 Å². The Balaban J connectivity index is 1.51. The largest absolute Gasteiger partial charge is 0.459 e. The molecule has 5 nitrogen and oxygen atoms in total. The van der Waals surface area contributed by atoms with Gasteiger partial charge in [-0.05, 0) is 24.3 Å². The Morgan fingerprint density at radius 2 is 1.67 bits per heavy atom. The van der Waals surface area contributed by atoms with Crippen LogP contribution in [-0.2, 0) is 0 Å². The quantitative estimate of drug-likeness (QED) is 0.557. The van der Waals surface area contributed by atoms with Gasteiger partial charge in [0.1, 0.15) is 4.88 Å². The van der Waals surface area contributed by atoms with Crippen molar-refractivity contribution < 1.29 is 14.0 Å². The van der Waals surface area contributed by atoms with Crippen LogP contribution in [0.25, 0.3) is 10.1 Å². The van der Waals surface area contributed by atoms with Gasteiger partial charge in [-0.15, -0.1) is 11.3 Å². The lowest BCUT2D eigenvalue weighted by atomic mass is 10.2. The van der Waals surface area contributed by atoms with Gasteiger partial charge in [0.2, 0.25) is 0 Å². The molecule has 2 amide bonds. The van der Waals surface area contributed by atoms with Crippen LogP contribution in [0.3, 0.4) is 0 Å². The molecule has 4 rings (SSSR count). The van der Waals surface area contributed by atoms with Crippen molar-refractivity contribution >= 4 is 68.0 Å². The van der Waals surface area contributed by atoms with E-state index in [9.17, 15) is 9.59 Å². The molecular formula is C18H13Cl3N2O3S. The van der Waals surface area contributed by atoms with Gasteiger partial charge >= 0.3 is 0 Å². The Morgan fingerprint density at radius 3 is 2.30 bits per heavy atom. The predicted molar refractivity (Wildman–Crippen MR) is 107 cm³/mol. The molecule has 3 heterocycles. The van der Waals surface area contributed by atoms with Gasteiger partial charge in [-0.1, -0.05) is 34.8 Å². The summed E-state index contributed by atoms with van der Waals surface area (Å²) in [6, 6.07) is 6.66. The van der Waals surface area contributed by atoms with Gasteiger partial charge in [0.25, 0.3) is 11.8 Å². The minimum Gasteiger partial charge on any atom is -0.459 e. The van der Waals surface area contributed by atoms with Crippen LogP contribution in [0.15, 0.2) is 34.9 Å². The van der Waals surface area contributed by atoms with Gasteiger partial charge in [-0.2, -0.15) is 0 Å². The van der Waals surface area contributed by atoms with Crippen LogP contribution in [0.5, 0.6) is 0 Å². The molecule has 1 aliphatic rings. The van der Waals surface area contributed by atoms with Gasteiger partial charge < -0.3 is 14.2 Å². The number of hydrogen-bond acceptors (Lipinski definition) is 4. The fourth-order valence-corrected chi connectivity index (χ4v) is 5.40. The van der Waals surface area contributed by atoms with E-state index >= 15 is 0 Å². The number of benzene rings is 1. The summed E-state index contributed by atoms with van der Waals surface area (Å²) < 4.78 is 5.92. The van der Waals surface area contributed by atoms with Crippen molar-refractivity contribution in [1.82, 2.24) is 9.80 Å². The highest BCUT2D eigenvalue weighted by Crippen LogP contribution is 2.41. The minimum atomic E-state index is -0.173. The van der Waals surface area contributed by atoms with Crippen molar-refractivity contribution in [2.24, 2.45) is 0 Å². The zero-order chi connectivity index (χ0) is 19.1. The summed E-state index contributed by atoms with van der Waals surface area (Å²) >= 11 is 20.0. The smallest absolute Gasteiger partial charge is 0.289 e. The Labute approximate surface area is 174 Å². The number of piperazine rings is 1. The van der Waals surface area contributed by atoms with Gasteiger partial charge in [-0.25, -0.2) is 0 Å². The summed E-state index contributed by atoms with van der Waals surface area (Å²) in [6.45, 7) is 1.70. The third-order valence-electron chi connectivity index (χ3n) is 4.43. The van der Waals surface area contributed by atoms with Crippen molar-refractivity contribution in [1.29, 1.82) is 0 Å². The maximum absolute atomic E-state index is 12.9. The van der Waals surface area contributed by atoms with E-state index in [1.165, 1.54) is 17.6 Å². The number of thiophene rings is 1. The first-order chi connectivity index (χ1) is 13.0. The standard InChI is InChI=1S/C18H13Cl3N2O3S/c19-10-8-11(20)14-13(9-10)27-16(15(14)21)18(25)23-5-3-22(4-6-23)17(24)12-2-1-7-26-12/h1-2,7-9H,3-6H2. The maximum atomic E-state index is 12.9. The number of carbonyl (C=O) groups is 2. The molecule has 27 heavy (non-hydrogen) atoms. The van der Waals surface area contributed by atoms with Crippen LogP contribution in [0, 0.1) is 0 Å². The third kappa shape index (κ3) is 3.43. The summed E-state index contributed by atoms with van der Waals surface area (Å²) in [5.41, 5.74) is 0. The molecule has 0 atom stereocenters. The van der Waals surface area contributed by atoms with Crippen LogP contribution >= 0.6 is 46.1 Å². The van der Waals surface area contributed by atoms with Crippen LogP contribution in [0.4, 0.5) is 0 Å². The molecule has 3 aromatic rings. The topological polar surface area (TPSA) is 53.8 Å². The number of fused-ring (bicyclic) bond motifs is 1. The van der Waals surface area contributed by atoms with E-state index in [4.69, 9.17) is 39.2 Å². The number of furan rings is 1. The summed E-state index contributed by atoms with van der Waals surface area (Å²) in [5.74, 6) is -0.0410. The van der Waals surface area contributed by atoms with Crippen molar-refractivity contribution in [2.45, 2.75) is 0 Å². The predicted octanol–water partition coefficient (Wildman–Crippen LogP) is 5.05. The lowest BCUT2D eigenvalue weighted by Gasteiger charge is -2.34. The molecule has 0 N–H and O–H groups in total. The lowest BCUT2D eigenvalue weighted by molar-refractivity contribution is 0.0520. The number of rotatable bonds is 2. The van der Waals surface area contributed by atoms with E-state index < -0.39 is 0 Å². The van der Waals surface area contributed by atoms with E-state index in [-0.39, 0.29) is 11.8 Å². The van der Waals surface area contributed by atoms with Crippen molar-refractivity contribution in [3.05, 3.63) is 56.2 Å². The molecule has 0 aliphatic carbocycles. The molecule has 0 radical (unpaired) electrons. The average molecular weight is 444 g/mol. The Morgan fingerprint density at radius 1 is 1.00 bits per heavy atom. The van der Waals surface area contributed by atoms with Gasteiger partial charge in [0.05, 0.1) is 16.3 Å². The van der Waals surface area contributed by atoms with Crippen LogP contribution in [0.1, 0.15) is 20.2 Å². The molecule has 1 aliphatic heterocycles. The zero-order valence-electron chi connectivity index (χ0n) is 13.9. The Bertz CT molecular complexity index is 1020. The molecule has 9 heteroatoms. The van der Waals surface area contributed by atoms with Crippen molar-refractivity contribution in [3.8, 4) is 0 Å². The first-order valence-corrected chi connectivity index (χ1v) is 10.1. The maximum Gasteiger partial charge on any atom is 0.289 e. The molecule has 1 fully saturated rings. The monoisotopic (exact) mass is 442 g/mol. The van der Waals surface area contributed by atoms with Crippen molar-refractivity contribution in [3.63, 3.8) is 0 Å². The molecule has 0 unspecified atom stereocenters. The highest BCUT2D eigenvalue weighted by atomic mass is 35.5. The van der Waals surface area contributed by atoms with Gasteiger partial charge in [-0.3, -0.25) is 9.59 Å². The summed E-state index contributed by atoms with van der Waals surface area (Å²) in [7, 11) is 0. The highest BCUT2D eigenvalue weighted by Gasteiger charge is 2.29. The first kappa shape index (κ1) is 18.6. The fraction of sp³-hybridized carbons (Fsp3) is 0.222. The molecule has 2 aromatic heterocycles. The molecule has 0 spiro atoms. The number of carbonyl (C=O) groups excluding carboxylic acids is 2. The van der Waals surface area contributed by atoms with Gasteiger partial charge in [0, 0.05) is 41.3 Å². The molecule has 140 valence electrons. The molecule has 0 bridgehead atoms. The van der Waals surface area contributed by atoms with E-state index in [0.29, 0.717) is 57.3 Å². The number of nitrogens with zero attached hydrogens (tertiary/aromatic N) is 2. The summed E-state index contributed by atoms with van der Waals surface area (Å²) in [4.78, 5) is 29.1. The van der Waals surface area contributed by atoms with E-state index in [0.717, 1.165) is 4.70 Å². The molecule has 0 saturated carbocycles. The minimum absolute atomic E-state index is 0.168. The second-order valence-corrected chi connectivity index (χ2v) is 8.34. The van der Waals surface area contributed by atoms with E-state index in [1.54, 1.807) is 34.1 Å². The molecular weight excluding hydrogens is 431 g/mol. The summed E-state index contributed by atoms with van der Waals surface area (Å²) in [5, 5.41) is 1.90. The van der Waals surface area contributed by atoms with Crippen LogP contribution in [-0.4, -0.2) is 47.8 Å². The number of amides is 2. The Hall–Kier alpha value is -1.73. The van der Waals surface area contributed by atoms with Crippen LogP contribution < -0.4 is 0 Å². The lowest BCUT2D eigenvalue weighted by Crippen LogP contribution is -2.50. The zero-order valence-corrected chi connectivity index (χ0v) is 17.0. The molecule has 1 aromatic carbocycles. The average Bonchev–Trinajstić information content (AvgIpc) is 3.29. The molecule has 1 saturated heterocycles. The second-order valence-electron chi connectivity index (χ2n) is 6.07. The van der Waals surface area contributed by atoms with Gasteiger partial charge in [0.15, 0.2) is 5.76 Å².